The first-order chi connectivity index (χ1) is 11.9. The number of benzene rings is 1. The van der Waals surface area contributed by atoms with E-state index >= 15 is 0 Å². The lowest BCUT2D eigenvalue weighted by Gasteiger charge is -2.10. The number of ether oxygens (including phenoxy) is 1. The zero-order valence-electron chi connectivity index (χ0n) is 13.4. The first kappa shape index (κ1) is 20.0. The van der Waals surface area contributed by atoms with Gasteiger partial charge in [0, 0.05) is 5.56 Å². The lowest BCUT2D eigenvalue weighted by Crippen LogP contribution is -2.19. The van der Waals surface area contributed by atoms with Crippen LogP contribution < -0.4 is 5.32 Å². The number of carbonyl (C=O) groups excluding carboxylic acids is 2. The Morgan fingerprint density at radius 2 is 2.04 bits per heavy atom. The zero-order valence-corrected chi connectivity index (χ0v) is 16.6. The summed E-state index contributed by atoms with van der Waals surface area (Å²) < 4.78 is 5.59. The van der Waals surface area contributed by atoms with E-state index in [2.05, 4.69) is 15.5 Å². The minimum absolute atomic E-state index is 0.286. The molecule has 0 aliphatic rings. The summed E-state index contributed by atoms with van der Waals surface area (Å²) >= 11 is 14.2. The van der Waals surface area contributed by atoms with Gasteiger partial charge in [0.15, 0.2) is 4.34 Å². The van der Waals surface area contributed by atoms with Crippen LogP contribution in [0.3, 0.4) is 0 Å². The van der Waals surface area contributed by atoms with Gasteiger partial charge in [-0.3, -0.25) is 14.9 Å². The Hall–Kier alpha value is -1.35. The van der Waals surface area contributed by atoms with Crippen LogP contribution in [0.25, 0.3) is 0 Å². The van der Waals surface area contributed by atoms with Gasteiger partial charge in [-0.15, -0.1) is 10.2 Å². The van der Waals surface area contributed by atoms with Crippen molar-refractivity contribution in [1.82, 2.24) is 10.2 Å². The second kappa shape index (κ2) is 9.38. The van der Waals surface area contributed by atoms with Crippen LogP contribution in [0.2, 0.25) is 10.0 Å². The number of hydrogen-bond donors (Lipinski definition) is 1. The molecule has 134 valence electrons. The predicted molar refractivity (Wildman–Crippen MR) is 101 cm³/mol. The van der Waals surface area contributed by atoms with E-state index in [1.807, 2.05) is 6.92 Å². The number of nitrogens with one attached hydrogen (secondary N) is 1. The van der Waals surface area contributed by atoms with Crippen LogP contribution in [0.15, 0.2) is 22.5 Å². The summed E-state index contributed by atoms with van der Waals surface area (Å²) in [5.41, 5.74) is 0.358. The summed E-state index contributed by atoms with van der Waals surface area (Å²) in [6.45, 7) is 3.98. The molecule has 10 heteroatoms. The zero-order chi connectivity index (χ0) is 18.4. The van der Waals surface area contributed by atoms with Gasteiger partial charge < -0.3 is 4.74 Å². The number of halogens is 2. The van der Waals surface area contributed by atoms with Crippen molar-refractivity contribution in [3.63, 3.8) is 0 Å². The highest BCUT2D eigenvalue weighted by atomic mass is 35.5. The van der Waals surface area contributed by atoms with Crippen LogP contribution in [0.5, 0.6) is 0 Å². The summed E-state index contributed by atoms with van der Waals surface area (Å²) in [5.74, 6) is -0.657. The van der Waals surface area contributed by atoms with Crippen molar-refractivity contribution < 1.29 is 14.3 Å². The molecule has 1 heterocycles. The van der Waals surface area contributed by atoms with E-state index in [1.165, 1.54) is 29.2 Å². The monoisotopic (exact) mass is 419 g/mol. The standard InChI is InChI=1S/C15H15Cl2N3O3S2/c1-3-11(13(22)23-4-2)24-15-20-19-14(25-15)18-12(21)8-5-6-9(16)10(17)7-8/h5-7,11H,3-4H2,1-2H3,(H,18,19,21). The van der Waals surface area contributed by atoms with Gasteiger partial charge in [-0.05, 0) is 31.5 Å². The predicted octanol–water partition coefficient (Wildman–Crippen LogP) is 4.53. The quantitative estimate of drug-likeness (QED) is 0.403. The van der Waals surface area contributed by atoms with Gasteiger partial charge in [0.1, 0.15) is 5.25 Å². The Morgan fingerprint density at radius 1 is 1.28 bits per heavy atom. The largest absolute Gasteiger partial charge is 0.465 e. The molecule has 0 saturated carbocycles. The number of carbonyl (C=O) groups is 2. The second-order valence-electron chi connectivity index (χ2n) is 4.72. The number of aromatic nitrogens is 2. The number of hydrogen-bond acceptors (Lipinski definition) is 7. The van der Waals surface area contributed by atoms with Gasteiger partial charge in [-0.25, -0.2) is 0 Å². The smallest absolute Gasteiger partial charge is 0.319 e. The van der Waals surface area contributed by atoms with Crippen LogP contribution in [-0.2, 0) is 9.53 Å². The summed E-state index contributed by atoms with van der Waals surface area (Å²) in [7, 11) is 0. The van der Waals surface area contributed by atoms with Crippen molar-refractivity contribution in [2.45, 2.75) is 29.9 Å². The molecule has 1 amide bonds. The fourth-order valence-electron chi connectivity index (χ4n) is 1.77. The molecule has 0 radical (unpaired) electrons. The lowest BCUT2D eigenvalue weighted by molar-refractivity contribution is -0.142. The maximum absolute atomic E-state index is 12.2. The molecule has 1 aromatic heterocycles. The van der Waals surface area contributed by atoms with Crippen molar-refractivity contribution in [3.05, 3.63) is 33.8 Å². The van der Waals surface area contributed by atoms with Crippen molar-refractivity contribution in [2.75, 3.05) is 11.9 Å². The average Bonchev–Trinajstić information content (AvgIpc) is 3.02. The van der Waals surface area contributed by atoms with Gasteiger partial charge in [0.25, 0.3) is 5.91 Å². The van der Waals surface area contributed by atoms with Gasteiger partial charge >= 0.3 is 5.97 Å². The fourth-order valence-corrected chi connectivity index (χ4v) is 3.98. The highest BCUT2D eigenvalue weighted by molar-refractivity contribution is 8.02. The Balaban J connectivity index is 2.01. The Morgan fingerprint density at radius 3 is 2.68 bits per heavy atom. The molecular formula is C15H15Cl2N3O3S2. The van der Waals surface area contributed by atoms with E-state index in [0.717, 1.165) is 0 Å². The number of rotatable bonds is 7. The molecule has 1 aromatic carbocycles. The van der Waals surface area contributed by atoms with Crippen LogP contribution in [0.1, 0.15) is 30.6 Å². The maximum Gasteiger partial charge on any atom is 0.319 e. The molecule has 0 aliphatic heterocycles. The fraction of sp³-hybridized carbons (Fsp3) is 0.333. The SMILES string of the molecule is CCOC(=O)C(CC)Sc1nnc(NC(=O)c2ccc(Cl)c(Cl)c2)s1. The molecule has 0 aliphatic carbocycles. The second-order valence-corrected chi connectivity index (χ2v) is 7.96. The van der Waals surface area contributed by atoms with E-state index in [0.29, 0.717) is 38.1 Å². The number of nitrogens with zero attached hydrogens (tertiary/aromatic N) is 2. The van der Waals surface area contributed by atoms with Crippen molar-refractivity contribution in [1.29, 1.82) is 0 Å². The van der Waals surface area contributed by atoms with Gasteiger partial charge in [-0.2, -0.15) is 0 Å². The number of amides is 1. The molecular weight excluding hydrogens is 405 g/mol. The van der Waals surface area contributed by atoms with Crippen molar-refractivity contribution in [2.24, 2.45) is 0 Å². The van der Waals surface area contributed by atoms with E-state index in [9.17, 15) is 9.59 Å². The number of anilines is 1. The number of thioether (sulfide) groups is 1. The summed E-state index contributed by atoms with van der Waals surface area (Å²) in [4.78, 5) is 24.0. The average molecular weight is 420 g/mol. The Kier molecular flexibility index (Phi) is 7.49. The first-order valence-corrected chi connectivity index (χ1v) is 9.83. The third kappa shape index (κ3) is 5.57. The molecule has 6 nitrogen and oxygen atoms in total. The van der Waals surface area contributed by atoms with Crippen LogP contribution >= 0.6 is 46.3 Å². The lowest BCUT2D eigenvalue weighted by atomic mass is 10.2. The van der Waals surface area contributed by atoms with Crippen molar-refractivity contribution in [3.8, 4) is 0 Å². The molecule has 1 atom stereocenters. The molecule has 2 aromatic rings. The van der Waals surface area contributed by atoms with Gasteiger partial charge in [0.05, 0.1) is 16.7 Å². The molecule has 2 rings (SSSR count). The van der Waals surface area contributed by atoms with Crippen LogP contribution in [0, 0.1) is 0 Å². The van der Waals surface area contributed by atoms with Crippen molar-refractivity contribution >= 4 is 63.3 Å². The summed E-state index contributed by atoms with van der Waals surface area (Å²) in [5, 5.41) is 11.2. The van der Waals surface area contributed by atoms with Crippen LogP contribution in [0.4, 0.5) is 5.13 Å². The van der Waals surface area contributed by atoms with E-state index < -0.39 is 0 Å². The van der Waals surface area contributed by atoms with E-state index in [-0.39, 0.29) is 17.1 Å². The minimum atomic E-state index is -0.372. The molecule has 0 spiro atoms. The third-order valence-corrected chi connectivity index (χ3v) is 5.98. The Bertz CT molecular complexity index is 770. The minimum Gasteiger partial charge on any atom is -0.465 e. The Labute approximate surface area is 163 Å². The molecule has 0 bridgehead atoms. The topological polar surface area (TPSA) is 81.2 Å². The molecule has 0 saturated heterocycles. The van der Waals surface area contributed by atoms with Gasteiger partial charge in [0.2, 0.25) is 5.13 Å². The molecule has 25 heavy (non-hydrogen) atoms. The molecule has 1 N–H and O–H groups in total. The first-order valence-electron chi connectivity index (χ1n) is 7.37. The molecule has 0 fully saturated rings. The molecule has 1 unspecified atom stereocenters. The highest BCUT2D eigenvalue weighted by Gasteiger charge is 2.21. The summed E-state index contributed by atoms with van der Waals surface area (Å²) in [6.07, 6.45) is 0.605. The van der Waals surface area contributed by atoms with E-state index in [4.69, 9.17) is 27.9 Å². The highest BCUT2D eigenvalue weighted by Crippen LogP contribution is 2.31. The maximum atomic E-state index is 12.2. The third-order valence-electron chi connectivity index (χ3n) is 2.97. The van der Waals surface area contributed by atoms with Crippen LogP contribution in [-0.4, -0.2) is 33.9 Å². The van der Waals surface area contributed by atoms with Gasteiger partial charge in [-0.1, -0.05) is 53.2 Å². The normalized spacial score (nSPS) is 11.8. The summed E-state index contributed by atoms with van der Waals surface area (Å²) in [6, 6.07) is 4.59. The van der Waals surface area contributed by atoms with E-state index in [1.54, 1.807) is 19.1 Å². The number of esters is 1.